The monoisotopic (exact) mass is 873 g/mol. The molecule has 0 aliphatic heterocycles. The Labute approximate surface area is 388 Å². The van der Waals surface area contributed by atoms with Gasteiger partial charge in [-0.1, -0.05) is 214 Å². The summed E-state index contributed by atoms with van der Waals surface area (Å²) in [7, 11) is 6.72. The zero-order valence-corrected chi connectivity index (χ0v) is 40.4. The van der Waals surface area contributed by atoms with Gasteiger partial charge in [0.1, 0.15) is 0 Å². The van der Waals surface area contributed by atoms with Gasteiger partial charge in [0, 0.05) is 0 Å². The summed E-state index contributed by atoms with van der Waals surface area (Å²) in [6.07, 6.45) is 38.5. The zero-order valence-electron chi connectivity index (χ0n) is 40.4. The summed E-state index contributed by atoms with van der Waals surface area (Å²) in [4.78, 5) is 0. The van der Waals surface area contributed by atoms with Crippen molar-refractivity contribution in [3.8, 4) is 34.5 Å². The lowest BCUT2D eigenvalue weighted by Crippen LogP contribution is -2.02. The molecular formula is C58H80O6. The Bertz CT molecular complexity index is 1750. The van der Waals surface area contributed by atoms with Crippen LogP contribution in [0.25, 0.3) is 36.5 Å². The molecule has 4 aromatic carbocycles. The van der Waals surface area contributed by atoms with E-state index in [1.165, 1.54) is 116 Å². The smallest absolute Gasteiger partial charge is 0.203 e. The van der Waals surface area contributed by atoms with E-state index in [2.05, 4.69) is 98.8 Å². The van der Waals surface area contributed by atoms with Gasteiger partial charge in [-0.25, -0.2) is 0 Å². The van der Waals surface area contributed by atoms with E-state index in [-0.39, 0.29) is 0 Å². The number of unbranched alkanes of at least 4 members (excludes halogenated alkanes) is 18. The van der Waals surface area contributed by atoms with Crippen molar-refractivity contribution < 1.29 is 28.4 Å². The standard InChI is InChI=1S/C58H80O6/c1-7-9-11-13-15-17-19-21-23-25-41-63-57-53(59-3)43-51(44-54(57)60-4)39-37-49-33-29-47(30-34-49)27-28-48-31-35-50(36-32-48)38-40-52-45-55(61-5)58(56(46-52)62-6)64-42-26-24-22-20-18-16-14-12-10-8-2/h27-40,43-46H,7-26,41-42H2,1-6H3/b28-27+,39-37+,40-38+. The van der Waals surface area contributed by atoms with E-state index in [0.717, 1.165) is 46.2 Å². The third-order valence-electron chi connectivity index (χ3n) is 11.7. The van der Waals surface area contributed by atoms with Gasteiger partial charge in [0.05, 0.1) is 41.7 Å². The Morgan fingerprint density at radius 3 is 0.750 bits per heavy atom. The molecule has 0 aliphatic rings. The topological polar surface area (TPSA) is 55.4 Å². The van der Waals surface area contributed by atoms with Gasteiger partial charge < -0.3 is 28.4 Å². The van der Waals surface area contributed by atoms with Crippen LogP contribution in [0.3, 0.4) is 0 Å². The highest BCUT2D eigenvalue weighted by Crippen LogP contribution is 2.40. The van der Waals surface area contributed by atoms with Crippen molar-refractivity contribution in [2.45, 2.75) is 142 Å². The van der Waals surface area contributed by atoms with Crippen molar-refractivity contribution in [1.29, 1.82) is 0 Å². The number of rotatable bonds is 34. The van der Waals surface area contributed by atoms with Crippen LogP contribution in [-0.2, 0) is 0 Å². The molecule has 0 atom stereocenters. The van der Waals surface area contributed by atoms with Gasteiger partial charge in [-0.3, -0.25) is 0 Å². The summed E-state index contributed by atoms with van der Waals surface area (Å²) in [5.74, 6) is 4.07. The fourth-order valence-electron chi connectivity index (χ4n) is 7.82. The molecule has 4 rings (SSSR count). The lowest BCUT2D eigenvalue weighted by atomic mass is 10.1. The second-order valence-electron chi connectivity index (χ2n) is 16.9. The van der Waals surface area contributed by atoms with Crippen LogP contribution >= 0.6 is 0 Å². The number of methoxy groups -OCH3 is 4. The molecule has 0 aromatic heterocycles. The molecule has 0 fully saturated rings. The SMILES string of the molecule is CCCCCCCCCCCCOc1c(OC)cc(/C=C/c2ccc(/C=C/c3ccc(/C=C/c4cc(OC)c(OCCCCCCCCCCCC)c(OC)c4)cc3)cc2)cc1OC. The minimum absolute atomic E-state index is 0.653. The van der Waals surface area contributed by atoms with E-state index in [1.54, 1.807) is 28.4 Å². The van der Waals surface area contributed by atoms with E-state index >= 15 is 0 Å². The lowest BCUT2D eigenvalue weighted by Gasteiger charge is -2.15. The summed E-state index contributed by atoms with van der Waals surface area (Å²) < 4.78 is 35.3. The Kier molecular flexibility index (Phi) is 25.5. The minimum atomic E-state index is 0.653. The van der Waals surface area contributed by atoms with Gasteiger partial charge in [-0.05, 0) is 70.5 Å². The molecule has 0 spiro atoms. The van der Waals surface area contributed by atoms with Crippen molar-refractivity contribution in [3.05, 3.63) is 106 Å². The van der Waals surface area contributed by atoms with Crippen LogP contribution < -0.4 is 28.4 Å². The molecule has 0 aliphatic carbocycles. The number of hydrogen-bond acceptors (Lipinski definition) is 6. The molecule has 0 radical (unpaired) electrons. The first kappa shape index (κ1) is 51.5. The molecule has 0 saturated heterocycles. The molecule has 0 N–H and O–H groups in total. The third kappa shape index (κ3) is 19.3. The highest BCUT2D eigenvalue weighted by Gasteiger charge is 2.15. The average molecular weight is 873 g/mol. The van der Waals surface area contributed by atoms with Gasteiger partial charge in [0.2, 0.25) is 11.5 Å². The highest BCUT2D eigenvalue weighted by molar-refractivity contribution is 5.76. The molecule has 6 nitrogen and oxygen atoms in total. The summed E-state index contributed by atoms with van der Waals surface area (Å²) in [6, 6.07) is 25.1. The molecule has 6 heteroatoms. The van der Waals surface area contributed by atoms with Crippen LogP contribution in [0.4, 0.5) is 0 Å². The Balaban J connectivity index is 1.23. The number of ether oxygens (including phenoxy) is 6. The van der Waals surface area contributed by atoms with E-state index in [1.807, 2.05) is 24.3 Å². The van der Waals surface area contributed by atoms with Crippen molar-refractivity contribution in [2.75, 3.05) is 41.7 Å². The zero-order chi connectivity index (χ0) is 45.5. The Morgan fingerprint density at radius 1 is 0.297 bits per heavy atom. The fourth-order valence-corrected chi connectivity index (χ4v) is 7.82. The Morgan fingerprint density at radius 2 is 0.516 bits per heavy atom. The number of benzene rings is 4. The van der Waals surface area contributed by atoms with E-state index in [4.69, 9.17) is 28.4 Å². The quantitative estimate of drug-likeness (QED) is 0.0344. The number of hydrogen-bond donors (Lipinski definition) is 0. The average Bonchev–Trinajstić information content (AvgIpc) is 3.33. The summed E-state index contributed by atoms with van der Waals surface area (Å²) >= 11 is 0. The summed E-state index contributed by atoms with van der Waals surface area (Å²) in [5, 5.41) is 0. The molecule has 0 heterocycles. The van der Waals surface area contributed by atoms with Crippen LogP contribution in [-0.4, -0.2) is 41.7 Å². The van der Waals surface area contributed by atoms with Gasteiger partial charge in [0.15, 0.2) is 23.0 Å². The minimum Gasteiger partial charge on any atom is -0.493 e. The maximum absolute atomic E-state index is 6.19. The van der Waals surface area contributed by atoms with Crippen molar-refractivity contribution in [1.82, 2.24) is 0 Å². The van der Waals surface area contributed by atoms with E-state index in [0.29, 0.717) is 47.7 Å². The second kappa shape index (κ2) is 31.7. The molecule has 0 bridgehead atoms. The first-order valence-electron chi connectivity index (χ1n) is 24.5. The third-order valence-corrected chi connectivity index (χ3v) is 11.7. The predicted octanol–water partition coefficient (Wildman–Crippen LogP) is 16.8. The van der Waals surface area contributed by atoms with Gasteiger partial charge in [0.25, 0.3) is 0 Å². The lowest BCUT2D eigenvalue weighted by molar-refractivity contribution is 0.267. The van der Waals surface area contributed by atoms with Crippen molar-refractivity contribution >= 4 is 36.5 Å². The molecule has 64 heavy (non-hydrogen) atoms. The normalized spacial score (nSPS) is 11.5. The van der Waals surface area contributed by atoms with Gasteiger partial charge >= 0.3 is 0 Å². The molecule has 348 valence electrons. The van der Waals surface area contributed by atoms with Crippen LogP contribution in [0.1, 0.15) is 176 Å². The predicted molar refractivity (Wildman–Crippen MR) is 273 cm³/mol. The highest BCUT2D eigenvalue weighted by atomic mass is 16.5. The van der Waals surface area contributed by atoms with E-state index < -0.39 is 0 Å². The first-order chi connectivity index (χ1) is 31.5. The molecular weight excluding hydrogens is 793 g/mol. The van der Waals surface area contributed by atoms with Crippen LogP contribution in [0.15, 0.2) is 72.8 Å². The van der Waals surface area contributed by atoms with Gasteiger partial charge in [-0.2, -0.15) is 0 Å². The van der Waals surface area contributed by atoms with Gasteiger partial charge in [-0.15, -0.1) is 0 Å². The molecule has 4 aromatic rings. The fraction of sp³-hybridized carbons (Fsp3) is 0.483. The summed E-state index contributed by atoms with van der Waals surface area (Å²) in [5.41, 5.74) is 6.45. The van der Waals surface area contributed by atoms with Crippen LogP contribution in [0.2, 0.25) is 0 Å². The maximum Gasteiger partial charge on any atom is 0.203 e. The molecule has 0 saturated carbocycles. The first-order valence-corrected chi connectivity index (χ1v) is 24.5. The van der Waals surface area contributed by atoms with Crippen molar-refractivity contribution in [2.24, 2.45) is 0 Å². The summed E-state index contributed by atoms with van der Waals surface area (Å²) in [6.45, 7) is 5.85. The Hall–Kier alpha value is -5.10. The molecule has 0 unspecified atom stereocenters. The maximum atomic E-state index is 6.19. The van der Waals surface area contributed by atoms with E-state index in [9.17, 15) is 0 Å². The van der Waals surface area contributed by atoms with Crippen LogP contribution in [0, 0.1) is 0 Å². The molecule has 0 amide bonds. The second-order valence-corrected chi connectivity index (χ2v) is 16.9. The van der Waals surface area contributed by atoms with Crippen molar-refractivity contribution in [3.63, 3.8) is 0 Å². The van der Waals surface area contributed by atoms with Crippen LogP contribution in [0.5, 0.6) is 34.5 Å². The largest absolute Gasteiger partial charge is 0.493 e.